The molecule has 2 aromatic heterocycles. The van der Waals surface area contributed by atoms with Crippen LogP contribution in [0.2, 0.25) is 0 Å². The maximum atomic E-state index is 13.6. The number of piperidine rings is 1. The predicted octanol–water partition coefficient (Wildman–Crippen LogP) is 3.62. The van der Waals surface area contributed by atoms with Gasteiger partial charge >= 0.3 is 0 Å². The minimum absolute atomic E-state index is 0.0519. The molecule has 1 saturated heterocycles. The number of likely N-dealkylation sites (tertiary alicyclic amines) is 1. The Morgan fingerprint density at radius 3 is 2.43 bits per heavy atom. The summed E-state index contributed by atoms with van der Waals surface area (Å²) in [5, 5.41) is 4.86. The molecule has 0 atom stereocenters. The average Bonchev–Trinajstić information content (AvgIpc) is 3.30. The summed E-state index contributed by atoms with van der Waals surface area (Å²) in [5.74, 6) is 0.450. The Morgan fingerprint density at radius 2 is 1.79 bits per heavy atom. The monoisotopic (exact) mass is 398 g/mol. The number of anilines is 1. The van der Waals surface area contributed by atoms with Crippen LogP contribution in [0.3, 0.4) is 0 Å². The van der Waals surface area contributed by atoms with Crippen molar-refractivity contribution in [3.05, 3.63) is 40.8 Å². The Bertz CT molecular complexity index is 795. The number of carbonyl (C=O) groups excluding carboxylic acids is 2. The molecule has 0 radical (unpaired) electrons. The number of hydrogen-bond donors (Lipinski definition) is 1. The van der Waals surface area contributed by atoms with Crippen molar-refractivity contribution in [3.8, 4) is 0 Å². The zero-order valence-corrected chi connectivity index (χ0v) is 16.8. The summed E-state index contributed by atoms with van der Waals surface area (Å²) < 4.78 is 0. The lowest BCUT2D eigenvalue weighted by molar-refractivity contribution is -0.141. The van der Waals surface area contributed by atoms with Crippen LogP contribution in [0, 0.1) is 5.92 Å². The summed E-state index contributed by atoms with van der Waals surface area (Å²) >= 11 is 1.70. The quantitative estimate of drug-likeness (QED) is 0.854. The highest BCUT2D eigenvalue weighted by molar-refractivity contribution is 7.10. The molecule has 0 bridgehead atoms. The van der Waals surface area contributed by atoms with Crippen molar-refractivity contribution in [1.29, 1.82) is 0 Å². The minimum atomic E-state index is -0.348. The second-order valence-corrected chi connectivity index (χ2v) is 8.70. The molecule has 0 aromatic carbocycles. The number of carbonyl (C=O) groups is 2. The number of amides is 2. The highest BCUT2D eigenvalue weighted by Gasteiger charge is 2.45. The van der Waals surface area contributed by atoms with Crippen LogP contribution in [-0.2, 0) is 15.0 Å². The first-order valence-electron chi connectivity index (χ1n) is 10.1. The summed E-state index contributed by atoms with van der Waals surface area (Å²) in [6, 6.07) is 5.88. The largest absolute Gasteiger partial charge is 0.342 e. The van der Waals surface area contributed by atoms with E-state index in [9.17, 15) is 9.59 Å². The lowest BCUT2D eigenvalue weighted by Gasteiger charge is -2.41. The van der Waals surface area contributed by atoms with Crippen molar-refractivity contribution >= 4 is 29.1 Å². The van der Waals surface area contributed by atoms with Gasteiger partial charge in [0.2, 0.25) is 17.8 Å². The standard InChI is InChI=1S/C21H26N4O2S/c26-18(24-20-22-11-5-12-23-20)16-7-13-25(14-8-16)19(27)21(9-2-1-3-10-21)17-6-4-15-28-17/h4-6,11-12,15-16H,1-3,7-10,13-14H2,(H,22,23,24,26). The predicted molar refractivity (Wildman–Crippen MR) is 109 cm³/mol. The van der Waals surface area contributed by atoms with E-state index in [1.807, 2.05) is 11.0 Å². The van der Waals surface area contributed by atoms with Crippen LogP contribution in [0.4, 0.5) is 5.95 Å². The Morgan fingerprint density at radius 1 is 1.07 bits per heavy atom. The molecule has 28 heavy (non-hydrogen) atoms. The van der Waals surface area contributed by atoms with Gasteiger partial charge in [0.25, 0.3) is 0 Å². The summed E-state index contributed by atoms with van der Waals surface area (Å²) in [6.45, 7) is 1.28. The summed E-state index contributed by atoms with van der Waals surface area (Å²) in [4.78, 5) is 37.4. The molecule has 3 heterocycles. The van der Waals surface area contributed by atoms with Gasteiger partial charge in [-0.2, -0.15) is 0 Å². The molecule has 1 saturated carbocycles. The molecule has 2 fully saturated rings. The van der Waals surface area contributed by atoms with Gasteiger partial charge < -0.3 is 4.90 Å². The van der Waals surface area contributed by atoms with E-state index in [1.54, 1.807) is 29.8 Å². The van der Waals surface area contributed by atoms with E-state index >= 15 is 0 Å². The summed E-state index contributed by atoms with van der Waals surface area (Å²) in [7, 11) is 0. The molecule has 1 N–H and O–H groups in total. The van der Waals surface area contributed by atoms with Gasteiger partial charge in [-0.05, 0) is 43.2 Å². The first-order chi connectivity index (χ1) is 13.7. The third-order valence-electron chi connectivity index (χ3n) is 6.06. The Labute approximate surface area is 169 Å². The van der Waals surface area contributed by atoms with Gasteiger partial charge in [-0.15, -0.1) is 11.3 Å². The summed E-state index contributed by atoms with van der Waals surface area (Å²) in [5.41, 5.74) is -0.348. The fraction of sp³-hybridized carbons (Fsp3) is 0.524. The van der Waals surface area contributed by atoms with E-state index < -0.39 is 0 Å². The molecule has 4 rings (SSSR count). The van der Waals surface area contributed by atoms with E-state index in [0.29, 0.717) is 31.9 Å². The van der Waals surface area contributed by atoms with Gasteiger partial charge in [-0.25, -0.2) is 9.97 Å². The van der Waals surface area contributed by atoms with Gasteiger partial charge in [-0.1, -0.05) is 25.3 Å². The molecule has 1 aliphatic heterocycles. The van der Waals surface area contributed by atoms with E-state index in [0.717, 1.165) is 25.7 Å². The van der Waals surface area contributed by atoms with Crippen LogP contribution in [0.25, 0.3) is 0 Å². The molecule has 2 aromatic rings. The topological polar surface area (TPSA) is 75.2 Å². The first-order valence-corrected chi connectivity index (χ1v) is 11.0. The van der Waals surface area contributed by atoms with Crippen LogP contribution in [0.15, 0.2) is 36.0 Å². The number of nitrogens with one attached hydrogen (secondary N) is 1. The molecule has 148 valence electrons. The van der Waals surface area contributed by atoms with Gasteiger partial charge in [0, 0.05) is 36.3 Å². The zero-order chi connectivity index (χ0) is 19.4. The molecule has 0 unspecified atom stereocenters. The molecule has 2 amide bonds. The highest BCUT2D eigenvalue weighted by Crippen LogP contribution is 2.43. The SMILES string of the molecule is O=C(Nc1ncccn1)C1CCN(C(=O)C2(c3cccs3)CCCCC2)CC1. The lowest BCUT2D eigenvalue weighted by Crippen LogP contribution is -2.51. The maximum absolute atomic E-state index is 13.6. The van der Waals surface area contributed by atoms with Crippen LogP contribution in [-0.4, -0.2) is 39.8 Å². The number of rotatable bonds is 4. The van der Waals surface area contributed by atoms with Crippen molar-refractivity contribution in [2.75, 3.05) is 18.4 Å². The fourth-order valence-electron chi connectivity index (χ4n) is 4.50. The number of nitrogens with zero attached hydrogens (tertiary/aromatic N) is 3. The Balaban J connectivity index is 1.40. The van der Waals surface area contributed by atoms with Gasteiger partial charge in [-0.3, -0.25) is 14.9 Å². The van der Waals surface area contributed by atoms with Crippen molar-refractivity contribution in [1.82, 2.24) is 14.9 Å². The molecule has 1 aliphatic carbocycles. The molecule has 0 spiro atoms. The van der Waals surface area contributed by atoms with Crippen LogP contribution in [0.1, 0.15) is 49.8 Å². The van der Waals surface area contributed by atoms with Crippen molar-refractivity contribution in [3.63, 3.8) is 0 Å². The van der Waals surface area contributed by atoms with E-state index in [4.69, 9.17) is 0 Å². The van der Waals surface area contributed by atoms with E-state index in [1.165, 1.54) is 11.3 Å². The average molecular weight is 399 g/mol. The molecule has 2 aliphatic rings. The second kappa shape index (κ2) is 8.39. The van der Waals surface area contributed by atoms with Crippen LogP contribution < -0.4 is 5.32 Å². The molecular weight excluding hydrogens is 372 g/mol. The van der Waals surface area contributed by atoms with E-state index in [2.05, 4.69) is 26.7 Å². The molecule has 7 heteroatoms. The van der Waals surface area contributed by atoms with Crippen LogP contribution in [0.5, 0.6) is 0 Å². The third kappa shape index (κ3) is 3.81. The van der Waals surface area contributed by atoms with Gasteiger partial charge in [0.15, 0.2) is 0 Å². The molecule has 6 nitrogen and oxygen atoms in total. The Hall–Kier alpha value is -2.28. The third-order valence-corrected chi connectivity index (χ3v) is 7.14. The number of thiophene rings is 1. The second-order valence-electron chi connectivity index (χ2n) is 7.75. The normalized spacial score (nSPS) is 19.9. The van der Waals surface area contributed by atoms with Gasteiger partial charge in [0.1, 0.15) is 0 Å². The van der Waals surface area contributed by atoms with Crippen molar-refractivity contribution in [2.45, 2.75) is 50.4 Å². The van der Waals surface area contributed by atoms with Gasteiger partial charge in [0.05, 0.1) is 5.41 Å². The smallest absolute Gasteiger partial charge is 0.234 e. The van der Waals surface area contributed by atoms with Crippen molar-refractivity contribution < 1.29 is 9.59 Å². The first kappa shape index (κ1) is 19.1. The fourth-order valence-corrected chi connectivity index (χ4v) is 5.47. The highest BCUT2D eigenvalue weighted by atomic mass is 32.1. The molecular formula is C21H26N4O2S. The maximum Gasteiger partial charge on any atom is 0.234 e. The summed E-state index contributed by atoms with van der Waals surface area (Å²) in [6.07, 6.45) is 9.91. The van der Waals surface area contributed by atoms with E-state index in [-0.39, 0.29) is 23.1 Å². The zero-order valence-electron chi connectivity index (χ0n) is 16.0. The van der Waals surface area contributed by atoms with Crippen LogP contribution >= 0.6 is 11.3 Å². The number of aromatic nitrogens is 2. The lowest BCUT2D eigenvalue weighted by atomic mass is 9.71. The Kier molecular flexibility index (Phi) is 5.71. The number of hydrogen-bond acceptors (Lipinski definition) is 5. The minimum Gasteiger partial charge on any atom is -0.342 e. The van der Waals surface area contributed by atoms with Crippen molar-refractivity contribution in [2.24, 2.45) is 5.92 Å².